The Bertz CT molecular complexity index is 868. The standard InChI is InChI=1S/C21H21ClN2OS/c1-14-20(24-21(26-14)16-10-12-23-13-11-16)15-2-6-18(7-3-15)25-19-8-4-17(22)5-9-19/h2-9,16,23H,10-13H2,1H3. The first-order chi connectivity index (χ1) is 12.7. The molecular weight excluding hydrogens is 364 g/mol. The van der Waals surface area contributed by atoms with E-state index in [-0.39, 0.29) is 0 Å². The lowest BCUT2D eigenvalue weighted by Crippen LogP contribution is -2.26. The monoisotopic (exact) mass is 384 g/mol. The summed E-state index contributed by atoms with van der Waals surface area (Å²) in [5.74, 6) is 2.18. The van der Waals surface area contributed by atoms with Gasteiger partial charge in [-0.3, -0.25) is 0 Å². The number of halogens is 1. The lowest BCUT2D eigenvalue weighted by Gasteiger charge is -2.20. The van der Waals surface area contributed by atoms with Crippen LogP contribution in [0.15, 0.2) is 48.5 Å². The Morgan fingerprint density at radius 1 is 1.00 bits per heavy atom. The molecule has 3 aromatic rings. The van der Waals surface area contributed by atoms with Gasteiger partial charge in [0, 0.05) is 21.4 Å². The van der Waals surface area contributed by atoms with E-state index in [1.807, 2.05) is 47.7 Å². The van der Waals surface area contributed by atoms with E-state index in [0.29, 0.717) is 10.9 Å². The molecule has 0 spiro atoms. The van der Waals surface area contributed by atoms with Crippen LogP contribution in [0.3, 0.4) is 0 Å². The predicted molar refractivity (Wildman–Crippen MR) is 109 cm³/mol. The molecule has 134 valence electrons. The molecule has 1 aliphatic rings. The fourth-order valence-corrected chi connectivity index (χ4v) is 4.49. The molecule has 1 aromatic heterocycles. The first-order valence-electron chi connectivity index (χ1n) is 8.91. The summed E-state index contributed by atoms with van der Waals surface area (Å²) >= 11 is 7.75. The number of nitrogens with one attached hydrogen (secondary N) is 1. The van der Waals surface area contributed by atoms with Crippen LogP contribution < -0.4 is 10.1 Å². The maximum atomic E-state index is 5.91. The molecule has 2 aromatic carbocycles. The molecule has 0 bridgehead atoms. The number of rotatable bonds is 4. The molecule has 0 aliphatic carbocycles. The van der Waals surface area contributed by atoms with Gasteiger partial charge in [0.25, 0.3) is 0 Å². The number of thiazole rings is 1. The van der Waals surface area contributed by atoms with Crippen LogP contribution in [0.1, 0.15) is 28.6 Å². The molecule has 5 heteroatoms. The predicted octanol–water partition coefficient (Wildman–Crippen LogP) is 6.03. The third-order valence-corrected chi connectivity index (χ3v) is 6.06. The molecule has 1 saturated heterocycles. The average molecular weight is 385 g/mol. The van der Waals surface area contributed by atoms with E-state index in [1.165, 1.54) is 22.7 Å². The molecule has 0 saturated carbocycles. The molecule has 1 fully saturated rings. The van der Waals surface area contributed by atoms with E-state index < -0.39 is 0 Å². The van der Waals surface area contributed by atoms with Gasteiger partial charge in [-0.2, -0.15) is 0 Å². The van der Waals surface area contributed by atoms with Crippen molar-refractivity contribution < 1.29 is 4.74 Å². The maximum Gasteiger partial charge on any atom is 0.127 e. The number of benzene rings is 2. The molecule has 0 unspecified atom stereocenters. The van der Waals surface area contributed by atoms with Crippen molar-refractivity contribution in [2.24, 2.45) is 0 Å². The van der Waals surface area contributed by atoms with E-state index in [1.54, 1.807) is 0 Å². The smallest absolute Gasteiger partial charge is 0.127 e. The Morgan fingerprint density at radius 3 is 2.27 bits per heavy atom. The van der Waals surface area contributed by atoms with Crippen LogP contribution in [0.2, 0.25) is 5.02 Å². The highest BCUT2D eigenvalue weighted by Gasteiger charge is 2.20. The third-order valence-electron chi connectivity index (χ3n) is 4.68. The fraction of sp³-hybridized carbons (Fsp3) is 0.286. The van der Waals surface area contributed by atoms with Gasteiger partial charge in [-0.25, -0.2) is 4.98 Å². The van der Waals surface area contributed by atoms with Crippen molar-refractivity contribution >= 4 is 22.9 Å². The van der Waals surface area contributed by atoms with Crippen LogP contribution in [0, 0.1) is 6.92 Å². The molecule has 1 aliphatic heterocycles. The summed E-state index contributed by atoms with van der Waals surface area (Å²) in [6, 6.07) is 15.5. The van der Waals surface area contributed by atoms with Crippen LogP contribution in [-0.2, 0) is 0 Å². The van der Waals surface area contributed by atoms with Crippen molar-refractivity contribution in [3.8, 4) is 22.8 Å². The quantitative estimate of drug-likeness (QED) is 0.596. The molecule has 2 heterocycles. The van der Waals surface area contributed by atoms with E-state index in [4.69, 9.17) is 21.3 Å². The van der Waals surface area contributed by atoms with E-state index in [9.17, 15) is 0 Å². The number of aryl methyl sites for hydroxylation is 1. The first-order valence-corrected chi connectivity index (χ1v) is 10.1. The molecule has 0 radical (unpaired) electrons. The number of aromatic nitrogens is 1. The second-order valence-electron chi connectivity index (χ2n) is 6.56. The number of hydrogen-bond acceptors (Lipinski definition) is 4. The van der Waals surface area contributed by atoms with Gasteiger partial charge < -0.3 is 10.1 Å². The Balaban J connectivity index is 1.51. The summed E-state index contributed by atoms with van der Waals surface area (Å²) in [6.07, 6.45) is 2.36. The number of nitrogens with zero attached hydrogens (tertiary/aromatic N) is 1. The summed E-state index contributed by atoms with van der Waals surface area (Å²) in [7, 11) is 0. The summed E-state index contributed by atoms with van der Waals surface area (Å²) in [5.41, 5.74) is 2.24. The Hall–Kier alpha value is -1.88. The summed E-state index contributed by atoms with van der Waals surface area (Å²) in [5, 5.41) is 5.41. The van der Waals surface area contributed by atoms with Crippen molar-refractivity contribution in [3.05, 3.63) is 63.4 Å². The second-order valence-corrected chi connectivity index (χ2v) is 8.23. The van der Waals surface area contributed by atoms with Gasteiger partial charge in [-0.15, -0.1) is 11.3 Å². The zero-order valence-electron chi connectivity index (χ0n) is 14.7. The summed E-state index contributed by atoms with van der Waals surface area (Å²) in [4.78, 5) is 6.24. The molecule has 1 N–H and O–H groups in total. The highest BCUT2D eigenvalue weighted by molar-refractivity contribution is 7.12. The number of hydrogen-bond donors (Lipinski definition) is 1. The summed E-state index contributed by atoms with van der Waals surface area (Å²) in [6.45, 7) is 4.35. The fourth-order valence-electron chi connectivity index (χ4n) is 3.25. The van der Waals surface area contributed by atoms with Gasteiger partial charge >= 0.3 is 0 Å². The van der Waals surface area contributed by atoms with Gasteiger partial charge in [0.15, 0.2) is 0 Å². The van der Waals surface area contributed by atoms with E-state index in [0.717, 1.165) is 35.8 Å². The largest absolute Gasteiger partial charge is 0.457 e. The zero-order valence-corrected chi connectivity index (χ0v) is 16.2. The topological polar surface area (TPSA) is 34.2 Å². The van der Waals surface area contributed by atoms with Gasteiger partial charge in [0.1, 0.15) is 11.5 Å². The summed E-state index contributed by atoms with van der Waals surface area (Å²) < 4.78 is 5.87. The minimum Gasteiger partial charge on any atom is -0.457 e. The lowest BCUT2D eigenvalue weighted by molar-refractivity contribution is 0.459. The normalized spacial score (nSPS) is 15.2. The Labute approximate surface area is 163 Å². The van der Waals surface area contributed by atoms with Crippen LogP contribution in [0.4, 0.5) is 0 Å². The van der Waals surface area contributed by atoms with Crippen molar-refractivity contribution in [2.45, 2.75) is 25.7 Å². The highest BCUT2D eigenvalue weighted by atomic mass is 35.5. The lowest BCUT2D eigenvalue weighted by atomic mass is 9.99. The van der Waals surface area contributed by atoms with Gasteiger partial charge in [-0.05, 0) is 81.4 Å². The van der Waals surface area contributed by atoms with E-state index >= 15 is 0 Å². The SMILES string of the molecule is Cc1sc(C2CCNCC2)nc1-c1ccc(Oc2ccc(Cl)cc2)cc1. The Kier molecular flexibility index (Phi) is 5.25. The second kappa shape index (κ2) is 7.78. The molecule has 3 nitrogen and oxygen atoms in total. The number of piperidine rings is 1. The van der Waals surface area contributed by atoms with Crippen LogP contribution in [-0.4, -0.2) is 18.1 Å². The molecule has 0 amide bonds. The van der Waals surface area contributed by atoms with Crippen molar-refractivity contribution in [3.63, 3.8) is 0 Å². The number of ether oxygens (including phenoxy) is 1. The molecule has 4 rings (SSSR count). The van der Waals surface area contributed by atoms with Crippen LogP contribution in [0.5, 0.6) is 11.5 Å². The van der Waals surface area contributed by atoms with E-state index in [2.05, 4.69) is 24.4 Å². The average Bonchev–Trinajstić information content (AvgIpc) is 3.07. The van der Waals surface area contributed by atoms with Gasteiger partial charge in [0.2, 0.25) is 0 Å². The van der Waals surface area contributed by atoms with Crippen LogP contribution in [0.25, 0.3) is 11.3 Å². The molecular formula is C21H21ClN2OS. The first kappa shape index (κ1) is 17.5. The molecule has 0 atom stereocenters. The Morgan fingerprint density at radius 2 is 1.62 bits per heavy atom. The van der Waals surface area contributed by atoms with Gasteiger partial charge in [-0.1, -0.05) is 11.6 Å². The minimum atomic E-state index is 0.598. The van der Waals surface area contributed by atoms with Gasteiger partial charge in [0.05, 0.1) is 10.7 Å². The van der Waals surface area contributed by atoms with Crippen molar-refractivity contribution in [2.75, 3.05) is 13.1 Å². The highest BCUT2D eigenvalue weighted by Crippen LogP contribution is 2.35. The van der Waals surface area contributed by atoms with Crippen molar-refractivity contribution in [1.82, 2.24) is 10.3 Å². The minimum absolute atomic E-state index is 0.598. The third kappa shape index (κ3) is 3.93. The zero-order chi connectivity index (χ0) is 17.9. The van der Waals surface area contributed by atoms with Crippen LogP contribution >= 0.6 is 22.9 Å². The molecule has 26 heavy (non-hydrogen) atoms. The maximum absolute atomic E-state index is 5.91. The van der Waals surface area contributed by atoms with Crippen molar-refractivity contribution in [1.29, 1.82) is 0 Å².